The molecule has 1 amide bonds. The van der Waals surface area contributed by atoms with Gasteiger partial charge in [0.25, 0.3) is 0 Å². The van der Waals surface area contributed by atoms with Crippen LogP contribution in [0.4, 0.5) is 0 Å². The minimum absolute atomic E-state index is 0.272. The monoisotopic (exact) mass is 390 g/mol. The Labute approximate surface area is 173 Å². The molecule has 0 saturated carbocycles. The Morgan fingerprint density at radius 2 is 1.86 bits per heavy atom. The van der Waals surface area contributed by atoms with Gasteiger partial charge in [-0.2, -0.15) is 0 Å². The molecule has 0 aromatic heterocycles. The lowest BCUT2D eigenvalue weighted by Gasteiger charge is -2.31. The number of hydrogen-bond donors (Lipinski definition) is 1. The van der Waals surface area contributed by atoms with Gasteiger partial charge < -0.3 is 15.1 Å². The summed E-state index contributed by atoms with van der Waals surface area (Å²) in [4.78, 5) is 21.1. The fourth-order valence-electron chi connectivity index (χ4n) is 4.19. The summed E-state index contributed by atoms with van der Waals surface area (Å²) in [7, 11) is 0. The van der Waals surface area contributed by atoms with Crippen molar-refractivity contribution in [1.29, 1.82) is 0 Å². The number of guanidine groups is 1. The van der Waals surface area contributed by atoms with E-state index in [-0.39, 0.29) is 5.91 Å². The van der Waals surface area contributed by atoms with Crippen molar-refractivity contribution in [2.24, 2.45) is 4.99 Å². The van der Waals surface area contributed by atoms with E-state index >= 15 is 0 Å². The molecule has 29 heavy (non-hydrogen) atoms. The predicted molar refractivity (Wildman–Crippen MR) is 116 cm³/mol. The van der Waals surface area contributed by atoms with E-state index in [1.165, 1.54) is 22.3 Å². The molecular weight excluding hydrogens is 360 g/mol. The smallest absolute Gasteiger partial charge is 0.222 e. The van der Waals surface area contributed by atoms with Gasteiger partial charge in [0.05, 0.1) is 6.54 Å². The average molecular weight is 391 g/mol. The Morgan fingerprint density at radius 3 is 2.66 bits per heavy atom. The highest BCUT2D eigenvalue weighted by atomic mass is 16.2. The minimum atomic E-state index is 0.272. The molecule has 0 radical (unpaired) electrons. The molecule has 0 unspecified atom stereocenters. The summed E-state index contributed by atoms with van der Waals surface area (Å²) in [6.45, 7) is 7.08. The molecule has 0 atom stereocenters. The van der Waals surface area contributed by atoms with Gasteiger partial charge in [-0.1, -0.05) is 48.5 Å². The van der Waals surface area contributed by atoms with E-state index in [9.17, 15) is 4.79 Å². The lowest BCUT2D eigenvalue weighted by Crippen LogP contribution is -2.44. The molecule has 2 heterocycles. The van der Waals surface area contributed by atoms with Crippen LogP contribution in [0, 0.1) is 0 Å². The molecule has 2 aliphatic heterocycles. The molecule has 0 spiro atoms. The van der Waals surface area contributed by atoms with E-state index in [0.717, 1.165) is 45.0 Å². The minimum Gasteiger partial charge on any atom is -0.356 e. The Bertz CT molecular complexity index is 892. The van der Waals surface area contributed by atoms with E-state index in [1.54, 1.807) is 0 Å². The first-order chi connectivity index (χ1) is 14.2. The van der Waals surface area contributed by atoms with Crippen LogP contribution < -0.4 is 5.32 Å². The van der Waals surface area contributed by atoms with E-state index in [1.807, 2.05) is 4.90 Å². The van der Waals surface area contributed by atoms with Gasteiger partial charge in [-0.3, -0.25) is 4.79 Å². The summed E-state index contributed by atoms with van der Waals surface area (Å²) in [5.41, 5.74) is 5.21. The highest BCUT2D eigenvalue weighted by molar-refractivity contribution is 5.80. The molecule has 4 rings (SSSR count). The van der Waals surface area contributed by atoms with Crippen LogP contribution in [-0.4, -0.2) is 41.3 Å². The number of nitrogens with one attached hydrogen (secondary N) is 1. The number of rotatable bonds is 5. The molecule has 2 aromatic rings. The standard InChI is InChI=1S/C24H30N4O/c1-2-25-24(28-14-12-21-9-3-4-10-22(21)18-28)26-16-19-7-5-8-20(15-19)17-27-13-6-11-23(27)29/h3-5,7-10,15H,2,6,11-14,16-18H2,1H3,(H,25,26). The van der Waals surface area contributed by atoms with Crippen LogP contribution >= 0.6 is 0 Å². The molecule has 5 heteroatoms. The average Bonchev–Trinajstić information content (AvgIpc) is 3.15. The summed E-state index contributed by atoms with van der Waals surface area (Å²) in [5, 5.41) is 3.46. The number of hydrogen-bond acceptors (Lipinski definition) is 2. The van der Waals surface area contributed by atoms with Crippen molar-refractivity contribution in [2.75, 3.05) is 19.6 Å². The number of carbonyl (C=O) groups excluding carboxylic acids is 1. The second-order valence-electron chi connectivity index (χ2n) is 7.85. The molecule has 1 fully saturated rings. The topological polar surface area (TPSA) is 47.9 Å². The van der Waals surface area contributed by atoms with Crippen LogP contribution in [0.2, 0.25) is 0 Å². The SMILES string of the molecule is CCNC(=NCc1cccc(CN2CCCC2=O)c1)N1CCc2ccccc2C1. The zero-order valence-corrected chi connectivity index (χ0v) is 17.2. The van der Waals surface area contributed by atoms with Crippen LogP contribution in [-0.2, 0) is 30.8 Å². The van der Waals surface area contributed by atoms with E-state index in [4.69, 9.17) is 4.99 Å². The van der Waals surface area contributed by atoms with Crippen LogP contribution in [0.1, 0.15) is 42.0 Å². The number of carbonyl (C=O) groups is 1. The third-order valence-corrected chi connectivity index (χ3v) is 5.71. The number of benzene rings is 2. The van der Waals surface area contributed by atoms with Gasteiger partial charge in [0.15, 0.2) is 5.96 Å². The van der Waals surface area contributed by atoms with E-state index in [0.29, 0.717) is 19.5 Å². The first-order valence-corrected chi connectivity index (χ1v) is 10.7. The van der Waals surface area contributed by atoms with Gasteiger partial charge in [0.2, 0.25) is 5.91 Å². The third-order valence-electron chi connectivity index (χ3n) is 5.71. The number of nitrogens with zero attached hydrogens (tertiary/aromatic N) is 3. The van der Waals surface area contributed by atoms with Gasteiger partial charge >= 0.3 is 0 Å². The van der Waals surface area contributed by atoms with Gasteiger partial charge in [-0.15, -0.1) is 0 Å². The Hall–Kier alpha value is -2.82. The van der Waals surface area contributed by atoms with Crippen LogP contribution in [0.15, 0.2) is 53.5 Å². The van der Waals surface area contributed by atoms with Gasteiger partial charge in [0, 0.05) is 39.1 Å². The Kier molecular flexibility index (Phi) is 6.13. The second-order valence-corrected chi connectivity index (χ2v) is 7.85. The molecular formula is C24H30N4O. The molecule has 1 N–H and O–H groups in total. The first kappa shape index (κ1) is 19.5. The first-order valence-electron chi connectivity index (χ1n) is 10.7. The van der Waals surface area contributed by atoms with Crippen LogP contribution in [0.25, 0.3) is 0 Å². The molecule has 2 aromatic carbocycles. The van der Waals surface area contributed by atoms with Crippen LogP contribution in [0.3, 0.4) is 0 Å². The van der Waals surface area contributed by atoms with Crippen LogP contribution in [0.5, 0.6) is 0 Å². The number of aliphatic imine (C=N–C) groups is 1. The lowest BCUT2D eigenvalue weighted by molar-refractivity contribution is -0.128. The fraction of sp³-hybridized carbons (Fsp3) is 0.417. The fourth-order valence-corrected chi connectivity index (χ4v) is 4.19. The van der Waals surface area contributed by atoms with Crippen molar-refractivity contribution in [3.8, 4) is 0 Å². The second kappa shape index (κ2) is 9.12. The van der Waals surface area contributed by atoms with E-state index in [2.05, 4.69) is 65.7 Å². The maximum atomic E-state index is 11.9. The maximum Gasteiger partial charge on any atom is 0.222 e. The summed E-state index contributed by atoms with van der Waals surface area (Å²) < 4.78 is 0. The van der Waals surface area contributed by atoms with Gasteiger partial charge in [-0.25, -0.2) is 4.99 Å². The maximum absolute atomic E-state index is 11.9. The molecule has 1 saturated heterocycles. The summed E-state index contributed by atoms with van der Waals surface area (Å²) in [6.07, 6.45) is 2.72. The van der Waals surface area contributed by atoms with Gasteiger partial charge in [0.1, 0.15) is 0 Å². The summed E-state index contributed by atoms with van der Waals surface area (Å²) >= 11 is 0. The molecule has 5 nitrogen and oxygen atoms in total. The van der Waals surface area contributed by atoms with Crippen molar-refractivity contribution in [3.05, 3.63) is 70.8 Å². The molecule has 2 aliphatic rings. The summed E-state index contributed by atoms with van der Waals surface area (Å²) in [5.74, 6) is 1.25. The van der Waals surface area contributed by atoms with Crippen molar-refractivity contribution >= 4 is 11.9 Å². The lowest BCUT2D eigenvalue weighted by atomic mass is 10.0. The van der Waals surface area contributed by atoms with Gasteiger partial charge in [-0.05, 0) is 42.0 Å². The number of fused-ring (bicyclic) bond motifs is 1. The van der Waals surface area contributed by atoms with E-state index < -0.39 is 0 Å². The normalized spacial score (nSPS) is 16.9. The zero-order valence-electron chi connectivity index (χ0n) is 17.2. The molecule has 152 valence electrons. The summed E-state index contributed by atoms with van der Waals surface area (Å²) in [6, 6.07) is 17.2. The predicted octanol–water partition coefficient (Wildman–Crippen LogP) is 3.33. The van der Waals surface area contributed by atoms with Crippen molar-refractivity contribution in [2.45, 2.75) is 45.8 Å². The largest absolute Gasteiger partial charge is 0.356 e. The zero-order chi connectivity index (χ0) is 20.1. The highest BCUT2D eigenvalue weighted by Crippen LogP contribution is 2.19. The van der Waals surface area contributed by atoms with Crippen molar-refractivity contribution < 1.29 is 4.79 Å². The quantitative estimate of drug-likeness (QED) is 0.629. The number of likely N-dealkylation sites (tertiary alicyclic amines) is 1. The molecule has 0 bridgehead atoms. The number of amides is 1. The van der Waals surface area contributed by atoms with Crippen molar-refractivity contribution in [3.63, 3.8) is 0 Å². The Morgan fingerprint density at radius 1 is 1.03 bits per heavy atom. The molecule has 0 aliphatic carbocycles. The van der Waals surface area contributed by atoms with Crippen molar-refractivity contribution in [1.82, 2.24) is 15.1 Å². The third kappa shape index (κ3) is 4.78. The Balaban J connectivity index is 1.44. The highest BCUT2D eigenvalue weighted by Gasteiger charge is 2.20.